The fourth-order valence-corrected chi connectivity index (χ4v) is 1.81. The van der Waals surface area contributed by atoms with E-state index in [2.05, 4.69) is 42.0 Å². The predicted octanol–water partition coefficient (Wildman–Crippen LogP) is 3.99. The van der Waals surface area contributed by atoms with Gasteiger partial charge in [0.25, 0.3) is 0 Å². The number of benzene rings is 1. The van der Waals surface area contributed by atoms with Gasteiger partial charge in [0.1, 0.15) is 17.7 Å². The molecule has 4 heteroatoms. The number of hydrogen-bond donors (Lipinski definition) is 1. The fourth-order valence-electron chi connectivity index (χ4n) is 1.56. The summed E-state index contributed by atoms with van der Waals surface area (Å²) in [6, 6.07) is 4.86. The number of halogens is 2. The van der Waals surface area contributed by atoms with Gasteiger partial charge in [0.05, 0.1) is 4.47 Å². The Kier molecular flexibility index (Phi) is 6.65. The van der Waals surface area contributed by atoms with E-state index in [-0.39, 0.29) is 11.9 Å². The average molecular weight is 318 g/mol. The molecule has 0 fully saturated rings. The van der Waals surface area contributed by atoms with Crippen LogP contribution in [0.15, 0.2) is 22.7 Å². The molecule has 2 nitrogen and oxygen atoms in total. The van der Waals surface area contributed by atoms with Crippen LogP contribution in [0.4, 0.5) is 4.39 Å². The molecule has 0 radical (unpaired) electrons. The first-order valence-electron chi connectivity index (χ1n) is 6.37. The standard InChI is InChI=1S/C14H21BrFNO/c1-4-7-17-9-14(10(2)3)18-11-5-6-12(15)13(16)8-11/h5-6,8,10,14,17H,4,7,9H2,1-3H3. The maximum absolute atomic E-state index is 13.4. The van der Waals surface area contributed by atoms with E-state index in [0.29, 0.717) is 16.1 Å². The Bertz CT molecular complexity index is 371. The fraction of sp³-hybridized carbons (Fsp3) is 0.571. The van der Waals surface area contributed by atoms with Crippen molar-refractivity contribution in [3.63, 3.8) is 0 Å². The molecule has 1 unspecified atom stereocenters. The number of ether oxygens (including phenoxy) is 1. The summed E-state index contributed by atoms with van der Waals surface area (Å²) in [7, 11) is 0. The third-order valence-electron chi connectivity index (χ3n) is 2.69. The first kappa shape index (κ1) is 15.4. The van der Waals surface area contributed by atoms with Crippen LogP contribution in [0.1, 0.15) is 27.2 Å². The minimum absolute atomic E-state index is 0.0529. The van der Waals surface area contributed by atoms with Crippen LogP contribution in [0.25, 0.3) is 0 Å². The molecule has 0 aliphatic rings. The highest BCUT2D eigenvalue weighted by molar-refractivity contribution is 9.10. The Balaban J connectivity index is 2.61. The molecular weight excluding hydrogens is 297 g/mol. The summed E-state index contributed by atoms with van der Waals surface area (Å²) in [5.74, 6) is 0.658. The van der Waals surface area contributed by atoms with E-state index in [1.165, 1.54) is 6.07 Å². The van der Waals surface area contributed by atoms with Gasteiger partial charge in [-0.1, -0.05) is 20.8 Å². The summed E-state index contributed by atoms with van der Waals surface area (Å²) in [4.78, 5) is 0. The normalized spacial score (nSPS) is 12.8. The molecule has 0 spiro atoms. The Morgan fingerprint density at radius 3 is 2.67 bits per heavy atom. The van der Waals surface area contributed by atoms with Crippen LogP contribution in [0.2, 0.25) is 0 Å². The first-order valence-corrected chi connectivity index (χ1v) is 7.16. The largest absolute Gasteiger partial charge is 0.489 e. The Morgan fingerprint density at radius 2 is 2.11 bits per heavy atom. The second kappa shape index (κ2) is 7.74. The van der Waals surface area contributed by atoms with E-state index in [4.69, 9.17) is 4.74 Å². The maximum atomic E-state index is 13.4. The monoisotopic (exact) mass is 317 g/mol. The summed E-state index contributed by atoms with van der Waals surface area (Å²) in [6.45, 7) is 8.09. The summed E-state index contributed by atoms with van der Waals surface area (Å²) < 4.78 is 19.7. The molecule has 0 saturated heterocycles. The van der Waals surface area contributed by atoms with Crippen molar-refractivity contribution in [2.75, 3.05) is 13.1 Å². The third-order valence-corrected chi connectivity index (χ3v) is 3.34. The van der Waals surface area contributed by atoms with Gasteiger partial charge in [0.2, 0.25) is 0 Å². The molecular formula is C14H21BrFNO. The molecule has 1 atom stereocenters. The second-order valence-electron chi connectivity index (χ2n) is 4.68. The molecule has 0 amide bonds. The molecule has 1 N–H and O–H groups in total. The number of hydrogen-bond acceptors (Lipinski definition) is 2. The minimum atomic E-state index is -0.295. The van der Waals surface area contributed by atoms with Gasteiger partial charge in [-0.15, -0.1) is 0 Å². The smallest absolute Gasteiger partial charge is 0.141 e. The molecule has 0 aliphatic carbocycles. The molecule has 102 valence electrons. The topological polar surface area (TPSA) is 21.3 Å². The lowest BCUT2D eigenvalue weighted by Crippen LogP contribution is -2.35. The predicted molar refractivity (Wildman–Crippen MR) is 76.5 cm³/mol. The first-order chi connectivity index (χ1) is 8.54. The van der Waals surface area contributed by atoms with Gasteiger partial charge in [-0.3, -0.25) is 0 Å². The van der Waals surface area contributed by atoms with Gasteiger partial charge in [-0.25, -0.2) is 4.39 Å². The quantitative estimate of drug-likeness (QED) is 0.768. The van der Waals surface area contributed by atoms with Gasteiger partial charge in [0, 0.05) is 12.6 Å². The average Bonchev–Trinajstić information content (AvgIpc) is 2.32. The van der Waals surface area contributed by atoms with E-state index in [0.717, 1.165) is 19.5 Å². The summed E-state index contributed by atoms with van der Waals surface area (Å²) in [5.41, 5.74) is 0. The number of nitrogens with one attached hydrogen (secondary N) is 1. The molecule has 0 bridgehead atoms. The number of rotatable bonds is 7. The van der Waals surface area contributed by atoms with Crippen molar-refractivity contribution in [2.24, 2.45) is 5.92 Å². The van der Waals surface area contributed by atoms with E-state index in [9.17, 15) is 4.39 Å². The zero-order valence-corrected chi connectivity index (χ0v) is 12.8. The molecule has 1 rings (SSSR count). The highest BCUT2D eigenvalue weighted by Crippen LogP contribution is 2.22. The van der Waals surface area contributed by atoms with Gasteiger partial charge in [-0.2, -0.15) is 0 Å². The van der Waals surface area contributed by atoms with Crippen molar-refractivity contribution < 1.29 is 9.13 Å². The molecule has 1 aromatic carbocycles. The van der Waals surface area contributed by atoms with Gasteiger partial charge in [-0.05, 0) is 46.9 Å². The van der Waals surface area contributed by atoms with Crippen LogP contribution in [0, 0.1) is 11.7 Å². The minimum Gasteiger partial charge on any atom is -0.489 e. The third kappa shape index (κ3) is 4.94. The zero-order valence-electron chi connectivity index (χ0n) is 11.2. The lowest BCUT2D eigenvalue weighted by molar-refractivity contribution is 0.148. The Morgan fingerprint density at radius 1 is 1.39 bits per heavy atom. The Labute approximate surface area is 117 Å². The van der Waals surface area contributed by atoms with Crippen molar-refractivity contribution in [1.29, 1.82) is 0 Å². The molecule has 0 aromatic heterocycles. The van der Waals surface area contributed by atoms with E-state index >= 15 is 0 Å². The van der Waals surface area contributed by atoms with Crippen molar-refractivity contribution in [2.45, 2.75) is 33.3 Å². The van der Waals surface area contributed by atoms with E-state index in [1.54, 1.807) is 12.1 Å². The van der Waals surface area contributed by atoms with Crippen LogP contribution in [-0.2, 0) is 0 Å². The van der Waals surface area contributed by atoms with Gasteiger partial charge in [0.15, 0.2) is 0 Å². The molecule has 1 aromatic rings. The maximum Gasteiger partial charge on any atom is 0.141 e. The van der Waals surface area contributed by atoms with Crippen LogP contribution in [-0.4, -0.2) is 19.2 Å². The lowest BCUT2D eigenvalue weighted by Gasteiger charge is -2.23. The second-order valence-corrected chi connectivity index (χ2v) is 5.53. The SMILES string of the molecule is CCCNCC(Oc1ccc(Br)c(F)c1)C(C)C. The van der Waals surface area contributed by atoms with Crippen molar-refractivity contribution in [3.05, 3.63) is 28.5 Å². The van der Waals surface area contributed by atoms with Gasteiger partial charge >= 0.3 is 0 Å². The van der Waals surface area contributed by atoms with Crippen molar-refractivity contribution in [3.8, 4) is 5.75 Å². The molecule has 18 heavy (non-hydrogen) atoms. The highest BCUT2D eigenvalue weighted by atomic mass is 79.9. The van der Waals surface area contributed by atoms with Crippen LogP contribution < -0.4 is 10.1 Å². The summed E-state index contributed by atoms with van der Waals surface area (Å²) >= 11 is 3.13. The van der Waals surface area contributed by atoms with E-state index < -0.39 is 0 Å². The van der Waals surface area contributed by atoms with Crippen LogP contribution in [0.5, 0.6) is 5.75 Å². The lowest BCUT2D eigenvalue weighted by atomic mass is 10.1. The highest BCUT2D eigenvalue weighted by Gasteiger charge is 2.15. The summed E-state index contributed by atoms with van der Waals surface area (Å²) in [5, 5.41) is 3.33. The molecule has 0 aliphatic heterocycles. The summed E-state index contributed by atoms with van der Waals surface area (Å²) in [6.07, 6.45) is 1.15. The van der Waals surface area contributed by atoms with Crippen LogP contribution >= 0.6 is 15.9 Å². The Hall–Kier alpha value is -0.610. The molecule has 0 saturated carbocycles. The van der Waals surface area contributed by atoms with Crippen LogP contribution in [0.3, 0.4) is 0 Å². The van der Waals surface area contributed by atoms with Crippen molar-refractivity contribution in [1.82, 2.24) is 5.32 Å². The van der Waals surface area contributed by atoms with E-state index in [1.807, 2.05) is 0 Å². The molecule has 0 heterocycles. The van der Waals surface area contributed by atoms with Crippen molar-refractivity contribution >= 4 is 15.9 Å². The zero-order chi connectivity index (χ0) is 13.5. The van der Waals surface area contributed by atoms with Gasteiger partial charge < -0.3 is 10.1 Å².